The van der Waals surface area contributed by atoms with E-state index in [1.165, 1.54) is 6.42 Å². The van der Waals surface area contributed by atoms with Crippen LogP contribution in [0.1, 0.15) is 40.2 Å². The van der Waals surface area contributed by atoms with E-state index in [2.05, 4.69) is 15.7 Å². The topological polar surface area (TPSA) is 59.0 Å². The fourth-order valence-corrected chi connectivity index (χ4v) is 3.40. The molecular weight excluding hydrogens is 359 g/mol. The Hall–Kier alpha value is -1.56. The Labute approximate surface area is 159 Å². The summed E-state index contributed by atoms with van der Waals surface area (Å²) in [6.45, 7) is 6.06. The van der Waals surface area contributed by atoms with E-state index in [-0.39, 0.29) is 18.3 Å². The first-order valence-electron chi connectivity index (χ1n) is 8.35. The van der Waals surface area contributed by atoms with Crippen molar-refractivity contribution in [3.8, 4) is 0 Å². The van der Waals surface area contributed by atoms with Gasteiger partial charge in [-0.2, -0.15) is 5.10 Å². The van der Waals surface area contributed by atoms with Crippen LogP contribution in [0.2, 0.25) is 5.02 Å². The highest BCUT2D eigenvalue weighted by Crippen LogP contribution is 2.19. The Kier molecular flexibility index (Phi) is 6.87. The molecule has 0 spiro atoms. The van der Waals surface area contributed by atoms with Crippen molar-refractivity contribution >= 4 is 29.9 Å². The van der Waals surface area contributed by atoms with E-state index >= 15 is 0 Å². The minimum absolute atomic E-state index is 0. The van der Waals surface area contributed by atoms with Gasteiger partial charge in [-0.05, 0) is 44.9 Å². The van der Waals surface area contributed by atoms with Crippen LogP contribution in [0.4, 0.5) is 0 Å². The molecule has 136 valence electrons. The zero-order valence-electron chi connectivity index (χ0n) is 14.5. The molecule has 1 unspecified atom stereocenters. The number of carbonyl (C=O) groups is 1. The minimum Gasteiger partial charge on any atom is -0.350 e. The maximum Gasteiger partial charge on any atom is 0.255 e. The summed E-state index contributed by atoms with van der Waals surface area (Å²) in [4.78, 5) is 12.6. The van der Waals surface area contributed by atoms with Gasteiger partial charge in [0.05, 0.1) is 17.8 Å². The number of benzene rings is 1. The molecule has 5 nitrogen and oxygen atoms in total. The first kappa shape index (κ1) is 19.8. The Bertz CT molecular complexity index is 739. The number of aryl methyl sites for hydroxylation is 1. The molecular formula is C18H24Cl2N4O. The Balaban J connectivity index is 0.00000225. The highest BCUT2D eigenvalue weighted by molar-refractivity contribution is 6.31. The quantitative estimate of drug-likeness (QED) is 0.834. The molecule has 2 aromatic rings. The number of nitrogens with zero attached hydrogens (tertiary/aromatic N) is 2. The van der Waals surface area contributed by atoms with Crippen molar-refractivity contribution in [2.24, 2.45) is 0 Å². The lowest BCUT2D eigenvalue weighted by atomic mass is 10.1. The monoisotopic (exact) mass is 382 g/mol. The fourth-order valence-electron chi connectivity index (χ4n) is 3.20. The number of hydrogen-bond acceptors (Lipinski definition) is 3. The van der Waals surface area contributed by atoms with Gasteiger partial charge >= 0.3 is 0 Å². The molecule has 1 atom stereocenters. The zero-order valence-corrected chi connectivity index (χ0v) is 16.1. The molecule has 1 saturated heterocycles. The van der Waals surface area contributed by atoms with E-state index in [9.17, 15) is 4.79 Å². The first-order valence-corrected chi connectivity index (χ1v) is 8.73. The lowest BCUT2D eigenvalue weighted by molar-refractivity contribution is 0.0949. The van der Waals surface area contributed by atoms with Crippen molar-refractivity contribution in [2.75, 3.05) is 13.1 Å². The smallest absolute Gasteiger partial charge is 0.255 e. The third-order valence-electron chi connectivity index (χ3n) is 4.56. The molecule has 2 N–H and O–H groups in total. The van der Waals surface area contributed by atoms with E-state index in [0.29, 0.717) is 29.7 Å². The number of halogens is 2. The molecule has 0 bridgehead atoms. The highest BCUT2D eigenvalue weighted by Gasteiger charge is 2.21. The lowest BCUT2D eigenvalue weighted by Crippen LogP contribution is -2.37. The summed E-state index contributed by atoms with van der Waals surface area (Å²) in [5, 5.41) is 11.7. The average molecular weight is 383 g/mol. The Morgan fingerprint density at radius 1 is 1.40 bits per heavy atom. The molecule has 7 heteroatoms. The van der Waals surface area contributed by atoms with Crippen LogP contribution in [0.5, 0.6) is 0 Å². The summed E-state index contributed by atoms with van der Waals surface area (Å²) in [7, 11) is 0. The van der Waals surface area contributed by atoms with Gasteiger partial charge in [-0.25, -0.2) is 0 Å². The summed E-state index contributed by atoms with van der Waals surface area (Å²) < 4.78 is 1.85. The van der Waals surface area contributed by atoms with E-state index in [1.807, 2.05) is 42.8 Å². The molecule has 25 heavy (non-hydrogen) atoms. The van der Waals surface area contributed by atoms with Gasteiger partial charge in [-0.3, -0.25) is 9.48 Å². The van der Waals surface area contributed by atoms with E-state index in [0.717, 1.165) is 29.9 Å². The van der Waals surface area contributed by atoms with Gasteiger partial charge in [0.2, 0.25) is 0 Å². The molecule has 3 rings (SSSR count). The third kappa shape index (κ3) is 4.54. The molecule has 1 fully saturated rings. The third-order valence-corrected chi connectivity index (χ3v) is 4.93. The van der Waals surface area contributed by atoms with E-state index in [1.54, 1.807) is 0 Å². The fraction of sp³-hybridized carbons (Fsp3) is 0.444. The predicted molar refractivity (Wildman–Crippen MR) is 103 cm³/mol. The van der Waals surface area contributed by atoms with Crippen molar-refractivity contribution < 1.29 is 4.79 Å². The molecule has 2 heterocycles. The Morgan fingerprint density at radius 3 is 2.84 bits per heavy atom. The second-order valence-corrected chi connectivity index (χ2v) is 6.71. The number of aromatic nitrogens is 2. The van der Waals surface area contributed by atoms with Gasteiger partial charge in [0.1, 0.15) is 0 Å². The maximum absolute atomic E-state index is 12.6. The molecule has 1 aromatic carbocycles. The molecule has 1 aliphatic rings. The van der Waals surface area contributed by atoms with Gasteiger partial charge in [-0.15, -0.1) is 12.4 Å². The van der Waals surface area contributed by atoms with Gasteiger partial charge in [-0.1, -0.05) is 29.8 Å². The second kappa shape index (κ2) is 8.70. The molecule has 1 aromatic heterocycles. The van der Waals surface area contributed by atoms with Gasteiger partial charge < -0.3 is 10.6 Å². The number of nitrogens with one attached hydrogen (secondary N) is 2. The van der Waals surface area contributed by atoms with Gasteiger partial charge in [0.25, 0.3) is 5.91 Å². The molecule has 0 saturated carbocycles. The zero-order chi connectivity index (χ0) is 17.1. The molecule has 1 aliphatic heterocycles. The largest absolute Gasteiger partial charge is 0.350 e. The predicted octanol–water partition coefficient (Wildman–Crippen LogP) is 3.11. The van der Waals surface area contributed by atoms with Gasteiger partial charge in [0, 0.05) is 23.3 Å². The van der Waals surface area contributed by atoms with Crippen molar-refractivity contribution in [3.63, 3.8) is 0 Å². The van der Waals surface area contributed by atoms with Crippen molar-refractivity contribution in [1.29, 1.82) is 0 Å². The van der Waals surface area contributed by atoms with Crippen LogP contribution < -0.4 is 10.6 Å². The summed E-state index contributed by atoms with van der Waals surface area (Å²) in [5.74, 6) is -0.0518. The number of hydrogen-bond donors (Lipinski definition) is 2. The maximum atomic E-state index is 12.6. The van der Waals surface area contributed by atoms with Crippen LogP contribution in [-0.2, 0) is 6.54 Å². The second-order valence-electron chi connectivity index (χ2n) is 6.30. The summed E-state index contributed by atoms with van der Waals surface area (Å²) >= 11 is 6.23. The summed E-state index contributed by atoms with van der Waals surface area (Å²) in [6.07, 6.45) is 2.29. The summed E-state index contributed by atoms with van der Waals surface area (Å²) in [5.41, 5.74) is 3.27. The first-order chi connectivity index (χ1) is 11.6. The van der Waals surface area contributed by atoms with Crippen LogP contribution in [0, 0.1) is 13.8 Å². The van der Waals surface area contributed by atoms with Crippen LogP contribution in [0.3, 0.4) is 0 Å². The number of carbonyl (C=O) groups excluding carboxylic acids is 1. The Morgan fingerprint density at radius 2 is 2.16 bits per heavy atom. The summed E-state index contributed by atoms with van der Waals surface area (Å²) in [6, 6.07) is 8.08. The van der Waals surface area contributed by atoms with Crippen LogP contribution in [-0.4, -0.2) is 34.8 Å². The SMILES string of the molecule is Cc1nn(Cc2ccccc2Cl)c(C)c1C(=O)NCC1CCCN1.Cl. The lowest BCUT2D eigenvalue weighted by Gasteiger charge is -2.12. The van der Waals surface area contributed by atoms with Gasteiger partial charge in [0.15, 0.2) is 0 Å². The van der Waals surface area contributed by atoms with Crippen molar-refractivity contribution in [2.45, 2.75) is 39.3 Å². The van der Waals surface area contributed by atoms with Crippen molar-refractivity contribution in [3.05, 3.63) is 51.8 Å². The standard InChI is InChI=1S/C18H23ClN4O.ClH/c1-12-17(18(24)21-10-15-7-5-9-20-15)13(2)23(22-12)11-14-6-3-4-8-16(14)19;/h3-4,6,8,15,20H,5,7,9-11H2,1-2H3,(H,21,24);1H. The molecule has 1 amide bonds. The molecule has 0 aliphatic carbocycles. The van der Waals surface area contributed by atoms with Crippen molar-refractivity contribution in [1.82, 2.24) is 20.4 Å². The van der Waals surface area contributed by atoms with Crippen LogP contribution in [0.15, 0.2) is 24.3 Å². The average Bonchev–Trinajstić information content (AvgIpc) is 3.16. The van der Waals surface area contributed by atoms with E-state index in [4.69, 9.17) is 11.6 Å². The number of amides is 1. The minimum atomic E-state index is -0.0518. The van der Waals surface area contributed by atoms with Crippen LogP contribution >= 0.6 is 24.0 Å². The van der Waals surface area contributed by atoms with Crippen LogP contribution in [0.25, 0.3) is 0 Å². The molecule has 0 radical (unpaired) electrons. The normalized spacial score (nSPS) is 16.5. The van der Waals surface area contributed by atoms with E-state index < -0.39 is 0 Å². The highest BCUT2D eigenvalue weighted by atomic mass is 35.5. The number of rotatable bonds is 5.